The van der Waals surface area contributed by atoms with Gasteiger partial charge in [-0.1, -0.05) is 12.1 Å². The van der Waals surface area contributed by atoms with Crippen LogP contribution in [0.5, 0.6) is 5.75 Å². The predicted octanol–water partition coefficient (Wildman–Crippen LogP) is 4.61. The number of methoxy groups -OCH3 is 1. The number of carbonyl (C=O) groups excluding carboxylic acids is 1. The number of hydrogen-bond acceptors (Lipinski definition) is 6. The second-order valence-electron chi connectivity index (χ2n) is 5.67. The number of nitriles is 1. The lowest BCUT2D eigenvalue weighted by molar-refractivity contribution is -0.139. The van der Waals surface area contributed by atoms with Crippen LogP contribution in [0.2, 0.25) is 0 Å². The summed E-state index contributed by atoms with van der Waals surface area (Å²) in [5.74, 6) is -0.365. The molecule has 0 amide bonds. The van der Waals surface area contributed by atoms with Gasteiger partial charge < -0.3 is 9.47 Å². The van der Waals surface area contributed by atoms with Gasteiger partial charge in [0.2, 0.25) is 0 Å². The molecule has 0 saturated heterocycles. The van der Waals surface area contributed by atoms with Crippen molar-refractivity contribution in [1.29, 1.82) is 5.26 Å². The Kier molecular flexibility index (Phi) is 6.14. The van der Waals surface area contributed by atoms with Gasteiger partial charge >= 0.3 is 5.97 Å². The van der Waals surface area contributed by atoms with Gasteiger partial charge in [-0.05, 0) is 48.0 Å². The number of hydrogen-bond donors (Lipinski definition) is 0. The van der Waals surface area contributed by atoms with Crippen LogP contribution in [0.25, 0.3) is 16.6 Å². The highest BCUT2D eigenvalue weighted by Gasteiger charge is 2.13. The lowest BCUT2D eigenvalue weighted by Crippen LogP contribution is -2.07. The van der Waals surface area contributed by atoms with Crippen LogP contribution in [-0.2, 0) is 16.1 Å². The summed E-state index contributed by atoms with van der Waals surface area (Å²) < 4.78 is 23.3. The summed E-state index contributed by atoms with van der Waals surface area (Å²) in [4.78, 5) is 16.6. The van der Waals surface area contributed by atoms with E-state index in [9.17, 15) is 14.4 Å². The monoisotopic (exact) mass is 394 g/mol. The summed E-state index contributed by atoms with van der Waals surface area (Å²) in [6.45, 7) is -0.0574. The maximum absolute atomic E-state index is 13.0. The molecule has 140 valence electrons. The number of nitrogens with zero attached hydrogens (tertiary/aromatic N) is 2. The molecule has 0 fully saturated rings. The molecular formula is C21H15FN2O3S. The van der Waals surface area contributed by atoms with Crippen molar-refractivity contribution in [2.45, 2.75) is 6.61 Å². The van der Waals surface area contributed by atoms with E-state index < -0.39 is 5.97 Å². The van der Waals surface area contributed by atoms with Crippen molar-refractivity contribution in [2.75, 3.05) is 7.11 Å². The Labute approximate surface area is 165 Å². The normalized spacial score (nSPS) is 11.0. The zero-order valence-corrected chi connectivity index (χ0v) is 15.7. The van der Waals surface area contributed by atoms with Crippen LogP contribution in [-0.4, -0.2) is 18.1 Å². The zero-order chi connectivity index (χ0) is 19.9. The number of carbonyl (C=O) groups is 1. The van der Waals surface area contributed by atoms with Gasteiger partial charge in [0.1, 0.15) is 34.8 Å². The predicted molar refractivity (Wildman–Crippen MR) is 104 cm³/mol. The second-order valence-corrected chi connectivity index (χ2v) is 6.53. The summed E-state index contributed by atoms with van der Waals surface area (Å²) in [5, 5.41) is 11.7. The van der Waals surface area contributed by atoms with Gasteiger partial charge in [0.15, 0.2) is 0 Å². The van der Waals surface area contributed by atoms with E-state index in [-0.39, 0.29) is 18.0 Å². The standard InChI is InChI=1S/C21H15FN2O3S/c1-26-19-8-2-14(3-9-19)10-16(11-23)21(25)27-12-18-13-28-20(24-18)15-4-6-17(22)7-5-15/h2-10,13H,12H2,1H3/b16-10+. The van der Waals surface area contributed by atoms with Gasteiger partial charge in [0.25, 0.3) is 0 Å². The third-order valence-corrected chi connectivity index (χ3v) is 4.70. The Hall–Kier alpha value is -3.50. The second kappa shape index (κ2) is 8.93. The topological polar surface area (TPSA) is 72.2 Å². The van der Waals surface area contributed by atoms with E-state index in [0.29, 0.717) is 22.0 Å². The van der Waals surface area contributed by atoms with Crippen LogP contribution in [0.3, 0.4) is 0 Å². The minimum atomic E-state index is -0.727. The number of esters is 1. The van der Waals surface area contributed by atoms with E-state index in [4.69, 9.17) is 9.47 Å². The van der Waals surface area contributed by atoms with Crippen molar-refractivity contribution in [3.8, 4) is 22.4 Å². The van der Waals surface area contributed by atoms with Gasteiger partial charge in [-0.15, -0.1) is 11.3 Å². The van der Waals surface area contributed by atoms with Crippen LogP contribution in [0.15, 0.2) is 59.5 Å². The molecule has 5 nitrogen and oxygen atoms in total. The summed E-state index contributed by atoms with van der Waals surface area (Å²) in [5.41, 5.74) is 1.90. The molecule has 0 aliphatic rings. The van der Waals surface area contributed by atoms with Crippen molar-refractivity contribution in [2.24, 2.45) is 0 Å². The third-order valence-electron chi connectivity index (χ3n) is 3.76. The summed E-state index contributed by atoms with van der Waals surface area (Å²) in [6, 6.07) is 14.8. The lowest BCUT2D eigenvalue weighted by atomic mass is 10.1. The smallest absolute Gasteiger partial charge is 0.349 e. The fraction of sp³-hybridized carbons (Fsp3) is 0.0952. The largest absolute Gasteiger partial charge is 0.497 e. The van der Waals surface area contributed by atoms with Crippen LogP contribution in [0, 0.1) is 17.1 Å². The first-order chi connectivity index (χ1) is 13.6. The Morgan fingerprint density at radius 3 is 2.57 bits per heavy atom. The number of aromatic nitrogens is 1. The van der Waals surface area contributed by atoms with Crippen molar-refractivity contribution in [1.82, 2.24) is 4.98 Å². The summed E-state index contributed by atoms with van der Waals surface area (Å²) in [6.07, 6.45) is 1.45. The molecule has 0 atom stereocenters. The molecule has 0 aliphatic carbocycles. The fourth-order valence-electron chi connectivity index (χ4n) is 2.32. The molecule has 3 rings (SSSR count). The molecule has 0 saturated carbocycles. The molecule has 0 unspecified atom stereocenters. The van der Waals surface area contributed by atoms with Gasteiger partial charge in [-0.3, -0.25) is 0 Å². The molecule has 0 spiro atoms. The van der Waals surface area contributed by atoms with Gasteiger partial charge in [-0.2, -0.15) is 5.26 Å². The number of halogens is 1. The molecule has 0 radical (unpaired) electrons. The molecule has 0 bridgehead atoms. The van der Waals surface area contributed by atoms with E-state index >= 15 is 0 Å². The summed E-state index contributed by atoms with van der Waals surface area (Å²) in [7, 11) is 1.56. The van der Waals surface area contributed by atoms with Crippen LogP contribution < -0.4 is 4.74 Å². The van der Waals surface area contributed by atoms with Crippen LogP contribution >= 0.6 is 11.3 Å². The molecule has 1 heterocycles. The first-order valence-electron chi connectivity index (χ1n) is 8.22. The van der Waals surface area contributed by atoms with E-state index in [1.807, 2.05) is 6.07 Å². The molecule has 1 aromatic heterocycles. The SMILES string of the molecule is COc1ccc(/C=C(\C#N)C(=O)OCc2csc(-c3ccc(F)cc3)n2)cc1. The van der Waals surface area contributed by atoms with Gasteiger partial charge in [0.05, 0.1) is 12.8 Å². The van der Waals surface area contributed by atoms with Crippen LogP contribution in [0.4, 0.5) is 4.39 Å². The van der Waals surface area contributed by atoms with Crippen molar-refractivity contribution < 1.29 is 18.7 Å². The Bertz CT molecular complexity index is 1030. The van der Waals surface area contributed by atoms with Gasteiger partial charge in [-0.25, -0.2) is 14.2 Å². The van der Waals surface area contributed by atoms with E-state index in [0.717, 1.165) is 5.56 Å². The van der Waals surface area contributed by atoms with E-state index in [1.165, 1.54) is 29.5 Å². The van der Waals surface area contributed by atoms with Crippen LogP contribution in [0.1, 0.15) is 11.3 Å². The number of benzene rings is 2. The third kappa shape index (κ3) is 4.81. The lowest BCUT2D eigenvalue weighted by Gasteiger charge is -2.03. The molecule has 7 heteroatoms. The molecule has 2 aromatic carbocycles. The number of thiazole rings is 1. The fourth-order valence-corrected chi connectivity index (χ4v) is 3.13. The highest BCUT2D eigenvalue weighted by Crippen LogP contribution is 2.24. The Balaban J connectivity index is 1.64. The molecule has 28 heavy (non-hydrogen) atoms. The maximum Gasteiger partial charge on any atom is 0.349 e. The quantitative estimate of drug-likeness (QED) is 0.347. The summed E-state index contributed by atoms with van der Waals surface area (Å²) >= 11 is 1.36. The number of ether oxygens (including phenoxy) is 2. The minimum absolute atomic E-state index is 0.0574. The average Bonchev–Trinajstić information content (AvgIpc) is 3.20. The molecule has 3 aromatic rings. The maximum atomic E-state index is 13.0. The van der Waals surface area contributed by atoms with Crippen molar-refractivity contribution in [3.63, 3.8) is 0 Å². The Morgan fingerprint density at radius 1 is 1.21 bits per heavy atom. The molecular weight excluding hydrogens is 379 g/mol. The highest BCUT2D eigenvalue weighted by atomic mass is 32.1. The number of rotatable bonds is 6. The van der Waals surface area contributed by atoms with Crippen molar-refractivity contribution >= 4 is 23.4 Å². The first-order valence-corrected chi connectivity index (χ1v) is 9.10. The van der Waals surface area contributed by atoms with Crippen molar-refractivity contribution in [3.05, 3.63) is 76.6 Å². The minimum Gasteiger partial charge on any atom is -0.497 e. The van der Waals surface area contributed by atoms with E-state index in [1.54, 1.807) is 48.9 Å². The molecule has 0 aliphatic heterocycles. The average molecular weight is 394 g/mol. The zero-order valence-electron chi connectivity index (χ0n) is 14.9. The first kappa shape index (κ1) is 19.3. The highest BCUT2D eigenvalue weighted by molar-refractivity contribution is 7.13. The Morgan fingerprint density at radius 2 is 1.93 bits per heavy atom. The van der Waals surface area contributed by atoms with Gasteiger partial charge in [0, 0.05) is 10.9 Å². The molecule has 0 N–H and O–H groups in total. The van der Waals surface area contributed by atoms with E-state index in [2.05, 4.69) is 4.98 Å².